The van der Waals surface area contributed by atoms with Crippen LogP contribution < -0.4 is 0 Å². The number of hydrogen-bond donors (Lipinski definition) is 1. The molecule has 7 aliphatic rings. The van der Waals surface area contributed by atoms with E-state index in [-0.39, 0.29) is 11.8 Å². The number of alkyl halides is 2. The summed E-state index contributed by atoms with van der Waals surface area (Å²) in [5.74, 6) is -1.67. The van der Waals surface area contributed by atoms with Crippen molar-refractivity contribution < 1.29 is 59.9 Å². The monoisotopic (exact) mass is 658 g/mol. The fourth-order valence-electron chi connectivity index (χ4n) is 11.2. The third kappa shape index (κ3) is 4.50. The molecule has 11 nitrogen and oxygen atoms in total. The molecular weight excluding hydrogens is 618 g/mol. The summed E-state index contributed by atoms with van der Waals surface area (Å²) in [7, 11) is -5.83. The maximum Gasteiger partial charge on any atom is 0.405 e. The predicted molar refractivity (Wildman–Crippen MR) is 147 cm³/mol. The van der Waals surface area contributed by atoms with Gasteiger partial charge < -0.3 is 18.9 Å². The molecule has 6 saturated carbocycles. The van der Waals surface area contributed by atoms with Crippen LogP contribution in [-0.2, 0) is 48.2 Å². The van der Waals surface area contributed by atoms with Gasteiger partial charge in [-0.1, -0.05) is 13.8 Å². The number of esters is 4. The van der Waals surface area contributed by atoms with Gasteiger partial charge in [-0.2, -0.15) is 17.2 Å². The molecule has 0 spiro atoms. The number of rotatable bonds is 10. The van der Waals surface area contributed by atoms with Gasteiger partial charge in [-0.25, -0.2) is 0 Å². The fourth-order valence-corrected chi connectivity index (χ4v) is 11.7. The Kier molecular flexibility index (Phi) is 7.17. The zero-order valence-electron chi connectivity index (χ0n) is 25.4. The van der Waals surface area contributed by atoms with Crippen LogP contribution in [0.25, 0.3) is 0 Å². The van der Waals surface area contributed by atoms with E-state index in [9.17, 15) is 36.4 Å². The molecule has 6 bridgehead atoms. The van der Waals surface area contributed by atoms with Crippen LogP contribution in [0.1, 0.15) is 72.1 Å². The minimum Gasteiger partial charge on any atom is -0.458 e. The molecule has 0 aromatic rings. The normalized spacial score (nSPS) is 44.3. The highest BCUT2D eigenvalue weighted by molar-refractivity contribution is 7.86. The number of hydrogen-bond acceptors (Lipinski definition) is 10. The van der Waals surface area contributed by atoms with Gasteiger partial charge in [0.05, 0.1) is 24.7 Å². The summed E-state index contributed by atoms with van der Waals surface area (Å²) in [4.78, 5) is 51.9. The minimum atomic E-state index is -5.83. The number of fused-ring (bicyclic) bond motifs is 10. The van der Waals surface area contributed by atoms with Crippen molar-refractivity contribution >= 4 is 34.0 Å². The molecule has 0 aromatic heterocycles. The molecule has 0 aromatic carbocycles. The van der Waals surface area contributed by atoms with Crippen LogP contribution in [0.5, 0.6) is 0 Å². The van der Waals surface area contributed by atoms with Crippen molar-refractivity contribution in [2.75, 3.05) is 0 Å². The molecular formula is C31H40F2O11S. The lowest BCUT2D eigenvalue weighted by Gasteiger charge is -2.48. The van der Waals surface area contributed by atoms with Crippen molar-refractivity contribution in [2.45, 2.75) is 101 Å². The van der Waals surface area contributed by atoms with Crippen LogP contribution >= 0.6 is 0 Å². The van der Waals surface area contributed by atoms with Gasteiger partial charge in [0.25, 0.3) is 0 Å². The second-order valence-corrected chi connectivity index (χ2v) is 16.5. The van der Waals surface area contributed by atoms with Crippen LogP contribution in [0.2, 0.25) is 0 Å². The average Bonchev–Trinajstić information content (AvgIpc) is 3.79. The number of carbonyl (C=O) groups excluding carboxylic acids is 4. The fraction of sp³-hybridized carbons (Fsp3) is 0.871. The van der Waals surface area contributed by atoms with Crippen molar-refractivity contribution in [2.24, 2.45) is 65.1 Å². The molecule has 14 atom stereocenters. The third-order valence-electron chi connectivity index (χ3n) is 12.8. The van der Waals surface area contributed by atoms with E-state index in [0.29, 0.717) is 37.0 Å². The highest BCUT2D eigenvalue weighted by Gasteiger charge is 2.73. The van der Waals surface area contributed by atoms with Crippen molar-refractivity contribution in [1.82, 2.24) is 0 Å². The number of ether oxygens (including phenoxy) is 4. The summed E-state index contributed by atoms with van der Waals surface area (Å²) in [6.45, 7) is 4.81. The Bertz CT molecular complexity index is 1420. The van der Waals surface area contributed by atoms with Crippen LogP contribution in [-0.4, -0.2) is 66.0 Å². The van der Waals surface area contributed by atoms with E-state index in [1.807, 2.05) is 0 Å². The standard InChI is InChI=1S/C31H40F2O11S/c1-12(2)30(11-16-9-19(30)23-15-5-4-14(8-15)22(16)23)44-29(37)25-18-10-17-24(25)28(36)43-27(17)26(18)42-21(35)7-6-20(34)41-13(3)31(32,33)45(38,39)40/h12-19,22-27H,4-11H2,1-3H3,(H,38,39,40). The van der Waals surface area contributed by atoms with Gasteiger partial charge in [0.15, 0.2) is 6.10 Å². The minimum absolute atomic E-state index is 0.104. The Morgan fingerprint density at radius 1 is 1.00 bits per heavy atom. The van der Waals surface area contributed by atoms with Crippen LogP contribution in [0.3, 0.4) is 0 Å². The summed E-state index contributed by atoms with van der Waals surface area (Å²) in [6, 6.07) is 0. The maximum absolute atomic E-state index is 14.1. The van der Waals surface area contributed by atoms with Crippen molar-refractivity contribution in [3.8, 4) is 0 Å². The Hall–Kier alpha value is -2.35. The SMILES string of the molecule is CC(C)C1(OC(=O)C2C3CC4C(OC(=O)C42)C3OC(=O)CCC(=O)OC(C)C(F)(F)S(=O)(=O)O)CC2CC1C1C3CCC(C3)C21. The Morgan fingerprint density at radius 3 is 2.33 bits per heavy atom. The van der Waals surface area contributed by atoms with Crippen molar-refractivity contribution in [3.63, 3.8) is 0 Å². The van der Waals surface area contributed by atoms with Crippen LogP contribution in [0, 0.1) is 65.1 Å². The largest absolute Gasteiger partial charge is 0.458 e. The van der Waals surface area contributed by atoms with Crippen LogP contribution in [0.4, 0.5) is 8.78 Å². The Labute approximate surface area is 260 Å². The van der Waals surface area contributed by atoms with Crippen LogP contribution in [0.15, 0.2) is 0 Å². The van der Waals surface area contributed by atoms with E-state index >= 15 is 0 Å². The van der Waals surface area contributed by atoms with E-state index < -0.39 is 93.8 Å². The summed E-state index contributed by atoms with van der Waals surface area (Å²) in [6.07, 6.45) is 0.772. The molecule has 1 aliphatic heterocycles. The molecule has 6 aliphatic carbocycles. The lowest BCUT2D eigenvalue weighted by molar-refractivity contribution is -0.192. The second kappa shape index (κ2) is 10.3. The molecule has 14 heteroatoms. The Balaban J connectivity index is 1.01. The van der Waals surface area contributed by atoms with E-state index in [0.717, 1.165) is 24.7 Å². The first-order chi connectivity index (χ1) is 21.0. The van der Waals surface area contributed by atoms with Crippen molar-refractivity contribution in [1.29, 1.82) is 0 Å². The van der Waals surface area contributed by atoms with Gasteiger partial charge in [0.1, 0.15) is 17.8 Å². The van der Waals surface area contributed by atoms with Gasteiger partial charge in [0, 0.05) is 17.8 Å². The lowest BCUT2D eigenvalue weighted by atomic mass is 9.63. The highest BCUT2D eigenvalue weighted by Crippen LogP contribution is 2.71. The molecule has 250 valence electrons. The molecule has 0 radical (unpaired) electrons. The first kappa shape index (κ1) is 31.3. The average molecular weight is 659 g/mol. The zero-order chi connectivity index (χ0) is 32.4. The predicted octanol–water partition coefficient (Wildman–Crippen LogP) is 3.54. The maximum atomic E-state index is 14.1. The first-order valence-electron chi connectivity index (χ1n) is 16.2. The van der Waals surface area contributed by atoms with Crippen molar-refractivity contribution in [3.05, 3.63) is 0 Å². The zero-order valence-corrected chi connectivity index (χ0v) is 26.3. The number of carbonyl (C=O) groups is 4. The summed E-state index contributed by atoms with van der Waals surface area (Å²) in [5, 5.41) is -4.73. The summed E-state index contributed by atoms with van der Waals surface area (Å²) >= 11 is 0. The topological polar surface area (TPSA) is 160 Å². The quantitative estimate of drug-likeness (QED) is 0.158. The van der Waals surface area contributed by atoms with Gasteiger partial charge >= 0.3 is 39.2 Å². The Morgan fingerprint density at radius 2 is 1.67 bits per heavy atom. The molecule has 0 amide bonds. The lowest BCUT2D eigenvalue weighted by Crippen LogP contribution is -2.53. The molecule has 1 saturated heterocycles. The molecule has 7 fully saturated rings. The van der Waals surface area contributed by atoms with E-state index in [4.69, 9.17) is 18.8 Å². The van der Waals surface area contributed by atoms with E-state index in [1.165, 1.54) is 19.3 Å². The second-order valence-electron chi connectivity index (χ2n) is 15.0. The molecule has 45 heavy (non-hydrogen) atoms. The molecule has 7 rings (SSSR count). The summed E-state index contributed by atoms with van der Waals surface area (Å²) in [5.41, 5.74) is -0.590. The van der Waals surface area contributed by atoms with Gasteiger partial charge in [0.2, 0.25) is 0 Å². The third-order valence-corrected chi connectivity index (χ3v) is 13.9. The van der Waals surface area contributed by atoms with Gasteiger partial charge in [-0.3, -0.25) is 23.7 Å². The van der Waals surface area contributed by atoms with Gasteiger partial charge in [-0.15, -0.1) is 0 Å². The molecule has 1 N–H and O–H groups in total. The van der Waals surface area contributed by atoms with E-state index in [2.05, 4.69) is 18.6 Å². The number of halogens is 2. The van der Waals surface area contributed by atoms with E-state index in [1.54, 1.807) is 0 Å². The molecule has 1 heterocycles. The summed E-state index contributed by atoms with van der Waals surface area (Å²) < 4.78 is 80.1. The first-order valence-corrected chi connectivity index (χ1v) is 17.7. The molecule has 14 unspecified atom stereocenters. The van der Waals surface area contributed by atoms with Gasteiger partial charge in [-0.05, 0) is 81.0 Å². The highest BCUT2D eigenvalue weighted by atomic mass is 32.2. The smallest absolute Gasteiger partial charge is 0.405 e.